The van der Waals surface area contributed by atoms with Crippen molar-refractivity contribution in [2.45, 2.75) is 25.8 Å². The summed E-state index contributed by atoms with van der Waals surface area (Å²) < 4.78 is 0. The van der Waals surface area contributed by atoms with Gasteiger partial charge in [-0.2, -0.15) is 0 Å². The minimum atomic E-state index is -0.0817. The Kier molecular flexibility index (Phi) is 5.08. The van der Waals surface area contributed by atoms with Gasteiger partial charge < -0.3 is 5.32 Å². The van der Waals surface area contributed by atoms with Crippen molar-refractivity contribution >= 4 is 56.5 Å². The summed E-state index contributed by atoms with van der Waals surface area (Å²) in [5.41, 5.74) is 2.90. The first kappa shape index (κ1) is 17.2. The molecule has 0 unspecified atom stereocenters. The minimum Gasteiger partial charge on any atom is -0.325 e. The molecule has 124 valence electrons. The Morgan fingerprint density at radius 1 is 1.29 bits per heavy atom. The monoisotopic (exact) mass is 377 g/mol. The van der Waals surface area contributed by atoms with Gasteiger partial charge in [0.05, 0.1) is 5.75 Å². The minimum absolute atomic E-state index is 0.0817. The number of rotatable bonds is 4. The Morgan fingerprint density at radius 2 is 2.08 bits per heavy atom. The van der Waals surface area contributed by atoms with Gasteiger partial charge in [0.1, 0.15) is 16.2 Å². The van der Waals surface area contributed by atoms with E-state index in [2.05, 4.69) is 29.1 Å². The lowest BCUT2D eigenvalue weighted by molar-refractivity contribution is -0.113. The van der Waals surface area contributed by atoms with Crippen LogP contribution in [0.25, 0.3) is 10.2 Å². The Morgan fingerprint density at radius 3 is 2.88 bits per heavy atom. The fourth-order valence-corrected chi connectivity index (χ4v) is 4.40. The molecular weight excluding hydrogens is 362 g/mol. The largest absolute Gasteiger partial charge is 0.325 e. The highest BCUT2D eigenvalue weighted by atomic mass is 35.5. The van der Waals surface area contributed by atoms with Crippen molar-refractivity contribution in [2.75, 3.05) is 11.1 Å². The van der Waals surface area contributed by atoms with Crippen molar-refractivity contribution in [2.24, 2.45) is 0 Å². The first-order chi connectivity index (χ1) is 11.5. The molecule has 3 aromatic rings. The predicted octanol–water partition coefficient (Wildman–Crippen LogP) is 5.00. The Balaban J connectivity index is 1.74. The molecule has 0 fully saturated rings. The van der Waals surface area contributed by atoms with Crippen molar-refractivity contribution in [3.63, 3.8) is 0 Å². The highest BCUT2D eigenvalue weighted by molar-refractivity contribution is 8.00. The van der Waals surface area contributed by atoms with Gasteiger partial charge in [0.25, 0.3) is 0 Å². The fraction of sp³-hybridized carbons (Fsp3) is 0.235. The quantitative estimate of drug-likeness (QED) is 0.513. The predicted molar refractivity (Wildman–Crippen MR) is 102 cm³/mol. The average Bonchev–Trinajstić information content (AvgIpc) is 2.84. The number of carbonyl (C=O) groups excluding carboxylic acids is 1. The molecule has 0 aliphatic carbocycles. The lowest BCUT2D eigenvalue weighted by atomic mass is 10.2. The number of thiophene rings is 1. The lowest BCUT2D eigenvalue weighted by Gasteiger charge is -2.09. The summed E-state index contributed by atoms with van der Waals surface area (Å²) >= 11 is 9.07. The highest BCUT2D eigenvalue weighted by Crippen LogP contribution is 2.34. The molecular formula is C17H16ClN3OS2. The fourth-order valence-electron chi connectivity index (χ4n) is 2.31. The summed E-state index contributed by atoms with van der Waals surface area (Å²) in [6, 6.07) is 5.45. The summed E-state index contributed by atoms with van der Waals surface area (Å²) in [5, 5.41) is 5.41. The molecule has 0 radical (unpaired) electrons. The van der Waals surface area contributed by atoms with Crippen LogP contribution in [0.15, 0.2) is 29.6 Å². The summed E-state index contributed by atoms with van der Waals surface area (Å²) in [7, 11) is 0. The van der Waals surface area contributed by atoms with Crippen LogP contribution < -0.4 is 5.32 Å². The van der Waals surface area contributed by atoms with Crippen molar-refractivity contribution in [1.82, 2.24) is 9.97 Å². The maximum Gasteiger partial charge on any atom is 0.234 e. The molecule has 7 heteroatoms. The van der Waals surface area contributed by atoms with E-state index in [-0.39, 0.29) is 11.7 Å². The van der Waals surface area contributed by atoms with Gasteiger partial charge in [0.2, 0.25) is 5.91 Å². The zero-order valence-electron chi connectivity index (χ0n) is 13.5. The van der Waals surface area contributed by atoms with Crippen LogP contribution >= 0.6 is 34.7 Å². The van der Waals surface area contributed by atoms with Crippen LogP contribution in [0, 0.1) is 20.8 Å². The second-order valence-corrected chi connectivity index (χ2v) is 8.04. The highest BCUT2D eigenvalue weighted by Gasteiger charge is 2.14. The number of benzene rings is 1. The number of thioether (sulfide) groups is 1. The zero-order valence-corrected chi connectivity index (χ0v) is 15.9. The number of fused-ring (bicyclic) bond motifs is 1. The van der Waals surface area contributed by atoms with E-state index in [1.54, 1.807) is 29.8 Å². The molecule has 0 aliphatic rings. The molecule has 2 heterocycles. The molecule has 1 aromatic carbocycles. The van der Waals surface area contributed by atoms with Gasteiger partial charge >= 0.3 is 0 Å². The maximum atomic E-state index is 12.3. The molecule has 1 amide bonds. The lowest BCUT2D eigenvalue weighted by Crippen LogP contribution is -2.15. The molecule has 0 atom stereocenters. The van der Waals surface area contributed by atoms with Gasteiger partial charge in [-0.3, -0.25) is 4.79 Å². The first-order valence-electron chi connectivity index (χ1n) is 7.35. The van der Waals surface area contributed by atoms with Gasteiger partial charge in [-0.1, -0.05) is 29.4 Å². The van der Waals surface area contributed by atoms with Crippen LogP contribution in [0.3, 0.4) is 0 Å². The van der Waals surface area contributed by atoms with Gasteiger partial charge in [0, 0.05) is 21.0 Å². The Hall–Kier alpha value is -1.63. The second kappa shape index (κ2) is 7.09. The Labute approximate surface area is 153 Å². The first-order valence-corrected chi connectivity index (χ1v) is 9.53. The molecule has 0 bridgehead atoms. The molecule has 0 saturated heterocycles. The number of nitrogens with zero attached hydrogens (tertiary/aromatic N) is 2. The maximum absolute atomic E-state index is 12.3. The van der Waals surface area contributed by atoms with E-state index in [1.165, 1.54) is 22.2 Å². The van der Waals surface area contributed by atoms with Gasteiger partial charge in [-0.15, -0.1) is 11.3 Å². The van der Waals surface area contributed by atoms with E-state index in [0.717, 1.165) is 26.5 Å². The molecule has 0 aliphatic heterocycles. The topological polar surface area (TPSA) is 54.9 Å². The van der Waals surface area contributed by atoms with E-state index in [0.29, 0.717) is 5.02 Å². The second-order valence-electron chi connectivity index (χ2n) is 5.44. The summed E-state index contributed by atoms with van der Waals surface area (Å²) in [6.45, 7) is 6.08. The molecule has 0 saturated carbocycles. The van der Waals surface area contributed by atoms with Crippen molar-refractivity contribution in [3.8, 4) is 0 Å². The van der Waals surface area contributed by atoms with Gasteiger partial charge in [0.15, 0.2) is 0 Å². The number of carbonyl (C=O) groups is 1. The van der Waals surface area contributed by atoms with Crippen molar-refractivity contribution < 1.29 is 4.79 Å². The van der Waals surface area contributed by atoms with Crippen LogP contribution in [0.2, 0.25) is 5.02 Å². The average molecular weight is 378 g/mol. The number of nitrogens with one attached hydrogen (secondary N) is 1. The number of aryl methyl sites for hydroxylation is 3. The van der Waals surface area contributed by atoms with E-state index in [9.17, 15) is 4.79 Å². The Bertz CT molecular complexity index is 924. The molecule has 0 spiro atoms. The number of hydrogen-bond donors (Lipinski definition) is 1. The third kappa shape index (κ3) is 3.55. The van der Waals surface area contributed by atoms with Crippen molar-refractivity contribution in [1.29, 1.82) is 0 Å². The SMILES string of the molecule is Cc1ccc(Cl)cc1NC(=O)CSc1ncnc2sc(C)c(C)c12. The molecule has 1 N–H and O–H groups in total. The smallest absolute Gasteiger partial charge is 0.234 e. The zero-order chi connectivity index (χ0) is 17.3. The number of amides is 1. The van der Waals surface area contributed by atoms with E-state index >= 15 is 0 Å². The third-order valence-electron chi connectivity index (χ3n) is 3.74. The molecule has 24 heavy (non-hydrogen) atoms. The van der Waals surface area contributed by atoms with Crippen LogP contribution in [0.5, 0.6) is 0 Å². The van der Waals surface area contributed by atoms with Crippen LogP contribution in [0.1, 0.15) is 16.0 Å². The third-order valence-corrected chi connectivity index (χ3v) is 6.08. The summed E-state index contributed by atoms with van der Waals surface area (Å²) in [4.78, 5) is 23.1. The van der Waals surface area contributed by atoms with E-state index in [4.69, 9.17) is 11.6 Å². The number of halogens is 1. The molecule has 2 aromatic heterocycles. The normalized spacial score (nSPS) is 11.0. The number of hydrogen-bond acceptors (Lipinski definition) is 5. The van der Waals surface area contributed by atoms with E-state index < -0.39 is 0 Å². The van der Waals surface area contributed by atoms with Crippen molar-refractivity contribution in [3.05, 3.63) is 45.6 Å². The van der Waals surface area contributed by atoms with Crippen LogP contribution in [-0.2, 0) is 4.79 Å². The number of aromatic nitrogens is 2. The molecule has 4 nitrogen and oxygen atoms in total. The molecule has 3 rings (SSSR count). The van der Waals surface area contributed by atoms with Crippen LogP contribution in [0.4, 0.5) is 5.69 Å². The van der Waals surface area contributed by atoms with Gasteiger partial charge in [-0.25, -0.2) is 9.97 Å². The van der Waals surface area contributed by atoms with E-state index in [1.807, 2.05) is 13.0 Å². The number of anilines is 1. The summed E-state index contributed by atoms with van der Waals surface area (Å²) in [6.07, 6.45) is 1.55. The standard InChI is InChI=1S/C17H16ClN3OS2/c1-9-4-5-12(18)6-13(9)21-14(22)7-23-16-15-10(2)11(3)24-17(15)20-8-19-16/h4-6,8H,7H2,1-3H3,(H,21,22). The van der Waals surface area contributed by atoms with Crippen LogP contribution in [-0.4, -0.2) is 21.6 Å². The summed E-state index contributed by atoms with van der Waals surface area (Å²) in [5.74, 6) is 0.202. The van der Waals surface area contributed by atoms with Gasteiger partial charge in [-0.05, 0) is 44.0 Å².